The molecule has 3 nitrogen and oxygen atoms in total. The summed E-state index contributed by atoms with van der Waals surface area (Å²) >= 11 is 3.56. The summed E-state index contributed by atoms with van der Waals surface area (Å²) in [5.74, 6) is 0.847. The van der Waals surface area contributed by atoms with Gasteiger partial charge in [-0.3, -0.25) is 0 Å². The van der Waals surface area contributed by atoms with Gasteiger partial charge in [-0.15, -0.1) is 0 Å². The largest absolute Gasteiger partial charge is 0.213 e. The van der Waals surface area contributed by atoms with Crippen LogP contribution in [0.15, 0.2) is 0 Å². The molecule has 1 unspecified atom stereocenters. The third-order valence-electron chi connectivity index (χ3n) is 2.91. The first kappa shape index (κ1) is 12.5. The zero-order valence-corrected chi connectivity index (χ0v) is 11.1. The molecule has 0 bridgehead atoms. The summed E-state index contributed by atoms with van der Waals surface area (Å²) in [6.45, 7) is 5.22. The fourth-order valence-corrected chi connectivity index (χ4v) is 3.46. The Labute approximate surface area is 95.0 Å². The zero-order chi connectivity index (χ0) is 10.8. The number of nitrogens with zero attached hydrogens (tertiary/aromatic N) is 1. The highest BCUT2D eigenvalue weighted by Crippen LogP contribution is 2.26. The van der Waals surface area contributed by atoms with E-state index in [0.717, 1.165) is 12.8 Å². The van der Waals surface area contributed by atoms with Crippen LogP contribution in [0.5, 0.6) is 0 Å². The Balaban J connectivity index is 2.52. The lowest BCUT2D eigenvalue weighted by Crippen LogP contribution is -2.40. The van der Waals surface area contributed by atoms with Crippen molar-refractivity contribution in [2.75, 3.05) is 18.8 Å². The second kappa shape index (κ2) is 4.94. The van der Waals surface area contributed by atoms with Crippen LogP contribution in [0.3, 0.4) is 0 Å². The maximum Gasteiger partial charge on any atom is 0.213 e. The average molecular weight is 284 g/mol. The molecule has 0 aromatic rings. The van der Waals surface area contributed by atoms with Gasteiger partial charge in [-0.1, -0.05) is 22.9 Å². The summed E-state index contributed by atoms with van der Waals surface area (Å²) in [4.78, 5) is 0.494. The van der Waals surface area contributed by atoms with E-state index in [-0.39, 0.29) is 5.75 Å². The molecule has 0 spiro atoms. The minimum atomic E-state index is -2.95. The maximum atomic E-state index is 11.5. The molecule has 14 heavy (non-hydrogen) atoms. The van der Waals surface area contributed by atoms with Gasteiger partial charge in [0.2, 0.25) is 10.0 Å². The highest BCUT2D eigenvalue weighted by atomic mass is 79.9. The van der Waals surface area contributed by atoms with Gasteiger partial charge in [-0.25, -0.2) is 12.7 Å². The van der Waals surface area contributed by atoms with Gasteiger partial charge in [0.1, 0.15) is 0 Å². The third-order valence-corrected chi connectivity index (χ3v) is 5.54. The van der Waals surface area contributed by atoms with Crippen molar-refractivity contribution in [3.63, 3.8) is 0 Å². The Kier molecular flexibility index (Phi) is 4.40. The number of hydrogen-bond acceptors (Lipinski definition) is 2. The normalized spacial score (nSPS) is 23.6. The van der Waals surface area contributed by atoms with Crippen LogP contribution in [0, 0.1) is 5.92 Å². The van der Waals surface area contributed by atoms with E-state index in [1.54, 1.807) is 11.2 Å². The van der Waals surface area contributed by atoms with E-state index in [1.807, 2.05) is 0 Å². The molecule has 0 aromatic heterocycles. The second-order valence-electron chi connectivity index (χ2n) is 3.81. The van der Waals surface area contributed by atoms with Crippen LogP contribution in [0.25, 0.3) is 0 Å². The van der Waals surface area contributed by atoms with Gasteiger partial charge in [0.05, 0.1) is 5.75 Å². The Morgan fingerprint density at radius 3 is 2.29 bits per heavy atom. The SMILES string of the molecule is CCS(=O)(=O)N1CCC(C(C)Br)CC1. The lowest BCUT2D eigenvalue weighted by Gasteiger charge is -2.32. The summed E-state index contributed by atoms with van der Waals surface area (Å²) in [6.07, 6.45) is 1.96. The third kappa shape index (κ3) is 2.94. The van der Waals surface area contributed by atoms with Crippen LogP contribution in [-0.4, -0.2) is 36.4 Å². The zero-order valence-electron chi connectivity index (χ0n) is 8.74. The van der Waals surface area contributed by atoms with E-state index in [1.165, 1.54) is 0 Å². The smallest absolute Gasteiger partial charge is 0.212 e. The van der Waals surface area contributed by atoms with E-state index in [9.17, 15) is 8.42 Å². The molecule has 0 saturated carbocycles. The van der Waals surface area contributed by atoms with Gasteiger partial charge in [0, 0.05) is 17.9 Å². The van der Waals surface area contributed by atoms with Gasteiger partial charge >= 0.3 is 0 Å². The van der Waals surface area contributed by atoms with Crippen LogP contribution < -0.4 is 0 Å². The molecule has 84 valence electrons. The maximum absolute atomic E-state index is 11.5. The molecule has 1 fully saturated rings. The van der Waals surface area contributed by atoms with Crippen molar-refractivity contribution in [3.05, 3.63) is 0 Å². The number of alkyl halides is 1. The molecular formula is C9H18BrNO2S. The minimum Gasteiger partial charge on any atom is -0.212 e. The van der Waals surface area contributed by atoms with Crippen molar-refractivity contribution in [1.82, 2.24) is 4.31 Å². The van der Waals surface area contributed by atoms with E-state index in [2.05, 4.69) is 22.9 Å². The number of sulfonamides is 1. The molecule has 1 aliphatic heterocycles. The van der Waals surface area contributed by atoms with Crippen molar-refractivity contribution in [3.8, 4) is 0 Å². The quantitative estimate of drug-likeness (QED) is 0.741. The Hall–Kier alpha value is 0.390. The highest BCUT2D eigenvalue weighted by molar-refractivity contribution is 9.09. The molecule has 1 rings (SSSR count). The van der Waals surface area contributed by atoms with E-state index in [0.29, 0.717) is 23.8 Å². The van der Waals surface area contributed by atoms with Gasteiger partial charge in [-0.2, -0.15) is 0 Å². The number of piperidine rings is 1. The van der Waals surface area contributed by atoms with Gasteiger partial charge in [0.25, 0.3) is 0 Å². The van der Waals surface area contributed by atoms with Crippen molar-refractivity contribution in [2.45, 2.75) is 31.5 Å². The first-order valence-electron chi connectivity index (χ1n) is 5.09. The summed E-state index contributed by atoms with van der Waals surface area (Å²) in [5, 5.41) is 0. The van der Waals surface area contributed by atoms with Crippen LogP contribution in [0.2, 0.25) is 0 Å². The summed E-state index contributed by atoms with van der Waals surface area (Å²) in [6, 6.07) is 0. The van der Waals surface area contributed by atoms with Crippen LogP contribution >= 0.6 is 15.9 Å². The van der Waals surface area contributed by atoms with Crippen molar-refractivity contribution in [2.24, 2.45) is 5.92 Å². The molecular weight excluding hydrogens is 266 g/mol. The number of rotatable bonds is 3. The van der Waals surface area contributed by atoms with Crippen LogP contribution in [0.1, 0.15) is 26.7 Å². The number of hydrogen-bond donors (Lipinski definition) is 0. The monoisotopic (exact) mass is 283 g/mol. The first-order valence-corrected chi connectivity index (χ1v) is 7.61. The molecule has 0 amide bonds. The lowest BCUT2D eigenvalue weighted by atomic mass is 9.96. The van der Waals surface area contributed by atoms with Crippen molar-refractivity contribution < 1.29 is 8.42 Å². The topological polar surface area (TPSA) is 37.4 Å². The molecule has 1 atom stereocenters. The molecule has 0 aromatic carbocycles. The number of halogens is 1. The summed E-state index contributed by atoms with van der Waals surface area (Å²) < 4.78 is 24.7. The minimum absolute atomic E-state index is 0.224. The molecule has 1 aliphatic rings. The standard InChI is InChI=1S/C9H18BrNO2S/c1-3-14(12,13)11-6-4-9(5-7-11)8(2)10/h8-9H,3-7H2,1-2H3. The van der Waals surface area contributed by atoms with Gasteiger partial charge in [-0.05, 0) is 25.7 Å². The van der Waals surface area contributed by atoms with Crippen molar-refractivity contribution >= 4 is 26.0 Å². The average Bonchev–Trinajstić information content (AvgIpc) is 2.18. The predicted molar refractivity (Wildman–Crippen MR) is 62.1 cm³/mol. The second-order valence-corrected chi connectivity index (χ2v) is 7.52. The Bertz CT molecular complexity index is 269. The van der Waals surface area contributed by atoms with Crippen LogP contribution in [0.4, 0.5) is 0 Å². The first-order chi connectivity index (χ1) is 6.47. The Morgan fingerprint density at radius 1 is 1.43 bits per heavy atom. The molecule has 0 aliphatic carbocycles. The molecule has 0 radical (unpaired) electrons. The van der Waals surface area contributed by atoms with Gasteiger partial charge in [0.15, 0.2) is 0 Å². The summed E-state index contributed by atoms with van der Waals surface area (Å²) in [5.41, 5.74) is 0. The fraction of sp³-hybridized carbons (Fsp3) is 1.00. The molecule has 1 heterocycles. The fourth-order valence-electron chi connectivity index (χ4n) is 1.80. The molecule has 5 heteroatoms. The van der Waals surface area contributed by atoms with Gasteiger partial charge < -0.3 is 0 Å². The van der Waals surface area contributed by atoms with Crippen LogP contribution in [-0.2, 0) is 10.0 Å². The van der Waals surface area contributed by atoms with Crippen molar-refractivity contribution in [1.29, 1.82) is 0 Å². The molecule has 1 saturated heterocycles. The van der Waals surface area contributed by atoms with E-state index >= 15 is 0 Å². The summed E-state index contributed by atoms with van der Waals surface area (Å²) in [7, 11) is -2.95. The van der Waals surface area contributed by atoms with E-state index in [4.69, 9.17) is 0 Å². The lowest BCUT2D eigenvalue weighted by molar-refractivity contribution is 0.275. The Morgan fingerprint density at radius 2 is 1.93 bits per heavy atom. The van der Waals surface area contributed by atoms with E-state index < -0.39 is 10.0 Å². The predicted octanol–water partition coefficient (Wildman–Crippen LogP) is 1.83. The molecule has 0 N–H and O–H groups in total. The highest BCUT2D eigenvalue weighted by Gasteiger charge is 2.28.